The van der Waals surface area contributed by atoms with Crippen LogP contribution in [-0.4, -0.2) is 74.2 Å². The second-order valence-electron chi connectivity index (χ2n) is 8.85. The quantitative estimate of drug-likeness (QED) is 0.339. The number of carbonyl (C=O) groups excluding carboxylic acids is 1. The van der Waals surface area contributed by atoms with Crippen LogP contribution in [-0.2, 0) is 4.79 Å². The fraction of sp³-hybridized carbons (Fsp3) is 0.280. The largest absolute Gasteiger partial charge is 0.377 e. The summed E-state index contributed by atoms with van der Waals surface area (Å²) in [7, 11) is 3.97. The van der Waals surface area contributed by atoms with Crippen molar-refractivity contribution in [2.75, 3.05) is 42.7 Å². The van der Waals surface area contributed by atoms with Gasteiger partial charge < -0.3 is 20.4 Å². The van der Waals surface area contributed by atoms with Crippen LogP contribution in [0.1, 0.15) is 12.8 Å². The Hall–Kier alpha value is -4.32. The molecule has 1 saturated heterocycles. The van der Waals surface area contributed by atoms with Gasteiger partial charge in [0, 0.05) is 51.0 Å². The average molecular weight is 517 g/mol. The Kier molecular flexibility index (Phi) is 7.08. The molecule has 0 saturated carbocycles. The van der Waals surface area contributed by atoms with Gasteiger partial charge >= 0.3 is 0 Å². The maximum atomic E-state index is 12.1. The van der Waals surface area contributed by atoms with Crippen LogP contribution < -0.4 is 15.5 Å². The first kappa shape index (κ1) is 24.4. The second-order valence-corrected chi connectivity index (χ2v) is 9.89. The summed E-state index contributed by atoms with van der Waals surface area (Å²) in [6.07, 6.45) is 4.99. The number of nitrogens with zero attached hydrogens (tertiary/aromatic N) is 8. The highest BCUT2D eigenvalue weighted by atomic mass is 32.1. The summed E-state index contributed by atoms with van der Waals surface area (Å²) >= 11 is 1.42. The lowest BCUT2D eigenvalue weighted by atomic mass is 10.1. The Labute approximate surface area is 218 Å². The molecule has 0 unspecified atom stereocenters. The van der Waals surface area contributed by atoms with Crippen LogP contribution in [0.4, 0.5) is 22.5 Å². The molecule has 37 heavy (non-hydrogen) atoms. The Bertz CT molecular complexity index is 1380. The Morgan fingerprint density at radius 2 is 2.03 bits per heavy atom. The van der Waals surface area contributed by atoms with Crippen LogP contribution in [0.25, 0.3) is 16.4 Å². The molecular formula is C25H28N10OS. The number of anilines is 4. The third-order valence-corrected chi connectivity index (χ3v) is 6.86. The predicted octanol–water partition coefficient (Wildman–Crippen LogP) is 3.58. The van der Waals surface area contributed by atoms with E-state index >= 15 is 0 Å². The van der Waals surface area contributed by atoms with E-state index in [2.05, 4.69) is 37.6 Å². The number of nitrogens with one attached hydrogen (secondary N) is 2. The summed E-state index contributed by atoms with van der Waals surface area (Å²) in [6, 6.07) is 13.7. The summed E-state index contributed by atoms with van der Waals surface area (Å²) in [5.41, 5.74) is 1.82. The van der Waals surface area contributed by atoms with Gasteiger partial charge in [0.25, 0.3) is 0 Å². The number of thiazole rings is 1. The number of hydrogen-bond acceptors (Lipinski definition) is 10. The van der Waals surface area contributed by atoms with Crippen LogP contribution in [0.3, 0.4) is 0 Å². The number of rotatable bonds is 8. The topological polar surface area (TPSA) is 117 Å². The average Bonchev–Trinajstić information content (AvgIpc) is 3.59. The first-order chi connectivity index (χ1) is 18.0. The predicted molar refractivity (Wildman–Crippen MR) is 146 cm³/mol. The highest BCUT2D eigenvalue weighted by Gasteiger charge is 2.23. The van der Waals surface area contributed by atoms with Crippen molar-refractivity contribution in [1.82, 2.24) is 35.1 Å². The van der Waals surface area contributed by atoms with Gasteiger partial charge in [-0.15, -0.1) is 15.0 Å². The lowest BCUT2D eigenvalue weighted by molar-refractivity contribution is -0.127. The Morgan fingerprint density at radius 3 is 2.81 bits per heavy atom. The third-order valence-electron chi connectivity index (χ3n) is 5.95. The van der Waals surface area contributed by atoms with E-state index in [-0.39, 0.29) is 11.9 Å². The smallest absolute Gasteiger partial charge is 0.246 e. The Balaban J connectivity index is 1.32. The van der Waals surface area contributed by atoms with E-state index in [1.165, 1.54) is 22.2 Å². The molecule has 0 spiro atoms. The number of piperidine rings is 1. The van der Waals surface area contributed by atoms with Gasteiger partial charge in [0.1, 0.15) is 11.6 Å². The summed E-state index contributed by atoms with van der Waals surface area (Å²) in [4.78, 5) is 27.5. The van der Waals surface area contributed by atoms with Crippen LogP contribution in [0.5, 0.6) is 0 Å². The van der Waals surface area contributed by atoms with Crippen molar-refractivity contribution in [1.29, 1.82) is 0 Å². The number of carbonyl (C=O) groups is 1. The highest BCUT2D eigenvalue weighted by molar-refractivity contribution is 7.18. The number of aromatic nitrogens is 6. The summed E-state index contributed by atoms with van der Waals surface area (Å²) in [5, 5.41) is 20.3. The molecule has 1 aliphatic rings. The molecule has 3 aromatic heterocycles. The molecule has 1 aliphatic heterocycles. The van der Waals surface area contributed by atoms with Gasteiger partial charge in [-0.25, -0.2) is 9.97 Å². The lowest BCUT2D eigenvalue weighted by Gasteiger charge is -2.33. The van der Waals surface area contributed by atoms with Crippen molar-refractivity contribution in [3.8, 4) is 16.4 Å². The fourth-order valence-electron chi connectivity index (χ4n) is 4.07. The van der Waals surface area contributed by atoms with Crippen molar-refractivity contribution >= 4 is 39.7 Å². The lowest BCUT2D eigenvalue weighted by Crippen LogP contribution is -2.44. The van der Waals surface area contributed by atoms with Crippen molar-refractivity contribution in [2.24, 2.45) is 0 Å². The molecular weight excluding hydrogens is 488 g/mol. The van der Waals surface area contributed by atoms with Crippen LogP contribution in [0, 0.1) is 0 Å². The molecule has 4 heterocycles. The molecule has 2 N–H and O–H groups in total. The van der Waals surface area contributed by atoms with Crippen molar-refractivity contribution < 1.29 is 4.79 Å². The van der Waals surface area contributed by atoms with Gasteiger partial charge in [0.2, 0.25) is 11.7 Å². The maximum Gasteiger partial charge on any atom is 0.246 e. The minimum absolute atomic E-state index is 0.0401. The van der Waals surface area contributed by atoms with E-state index in [1.54, 1.807) is 6.20 Å². The van der Waals surface area contributed by atoms with E-state index < -0.39 is 0 Å². The number of benzene rings is 1. The van der Waals surface area contributed by atoms with Crippen molar-refractivity contribution in [3.05, 3.63) is 61.3 Å². The number of tetrazole rings is 1. The van der Waals surface area contributed by atoms with Gasteiger partial charge in [-0.1, -0.05) is 36.1 Å². The normalized spacial score (nSPS) is 15.3. The molecule has 4 aromatic rings. The molecule has 12 heteroatoms. The summed E-state index contributed by atoms with van der Waals surface area (Å²) < 4.78 is 0. The monoisotopic (exact) mass is 516 g/mol. The van der Waals surface area contributed by atoms with E-state index in [9.17, 15) is 4.79 Å². The molecule has 11 nitrogen and oxygen atoms in total. The number of hydrogen-bond donors (Lipinski definition) is 2. The standard InChI is InChI=1S/C25H28N10OS/c1-4-23(36)34-12-8-9-17(16-34)27-21-13-19(33(2)3)14-22(28-21)29-25-26-15-20(37-25)24-30-32-35(31-24)18-10-6-5-7-11-18/h4-7,10-11,13-15,17H,1,8-9,12,16H2,2-3H3,(H2,26,27,28,29)/t17-/m0/s1. The van der Waals surface area contributed by atoms with Crippen molar-refractivity contribution in [3.63, 3.8) is 0 Å². The van der Waals surface area contributed by atoms with Gasteiger partial charge in [0.15, 0.2) is 5.13 Å². The van der Waals surface area contributed by atoms with E-state index in [1.807, 2.05) is 66.4 Å². The van der Waals surface area contributed by atoms with Gasteiger partial charge in [0.05, 0.1) is 16.8 Å². The molecule has 1 amide bonds. The molecule has 0 aliphatic carbocycles. The molecule has 0 bridgehead atoms. The Morgan fingerprint density at radius 1 is 1.22 bits per heavy atom. The molecule has 0 radical (unpaired) electrons. The molecule has 190 valence electrons. The van der Waals surface area contributed by atoms with E-state index in [0.29, 0.717) is 23.3 Å². The molecule has 5 rings (SSSR count). The number of likely N-dealkylation sites (tertiary alicyclic amines) is 1. The molecule has 1 aromatic carbocycles. The first-order valence-electron chi connectivity index (χ1n) is 11.9. The van der Waals surface area contributed by atoms with Gasteiger partial charge in [-0.3, -0.25) is 4.79 Å². The second kappa shape index (κ2) is 10.7. The van der Waals surface area contributed by atoms with Crippen LogP contribution in [0.15, 0.2) is 61.3 Å². The van der Waals surface area contributed by atoms with Gasteiger partial charge in [-0.05, 0) is 36.3 Å². The zero-order valence-electron chi connectivity index (χ0n) is 20.7. The van der Waals surface area contributed by atoms with E-state index in [0.717, 1.165) is 41.5 Å². The third kappa shape index (κ3) is 5.75. The minimum Gasteiger partial charge on any atom is -0.377 e. The zero-order chi connectivity index (χ0) is 25.8. The zero-order valence-corrected chi connectivity index (χ0v) is 21.5. The van der Waals surface area contributed by atoms with Gasteiger partial charge in [-0.2, -0.15) is 0 Å². The summed E-state index contributed by atoms with van der Waals surface area (Å²) in [6.45, 7) is 4.98. The maximum absolute atomic E-state index is 12.1. The molecule has 1 fully saturated rings. The fourth-order valence-corrected chi connectivity index (χ4v) is 4.82. The van der Waals surface area contributed by atoms with Crippen LogP contribution in [0.2, 0.25) is 0 Å². The van der Waals surface area contributed by atoms with E-state index in [4.69, 9.17) is 4.98 Å². The minimum atomic E-state index is -0.0401. The van der Waals surface area contributed by atoms with Crippen LogP contribution >= 0.6 is 11.3 Å². The summed E-state index contributed by atoms with van der Waals surface area (Å²) in [5.74, 6) is 1.85. The first-order valence-corrected chi connectivity index (χ1v) is 12.8. The molecule has 1 atom stereocenters. The van der Waals surface area contributed by atoms with Crippen molar-refractivity contribution in [2.45, 2.75) is 18.9 Å². The SMILES string of the molecule is C=CC(=O)N1CCC[C@H](Nc2cc(N(C)C)cc(Nc3ncc(-c4nnn(-c5ccccc5)n4)s3)n2)C1. The number of pyridine rings is 1. The number of amides is 1. The highest BCUT2D eigenvalue weighted by Crippen LogP contribution is 2.30. The number of para-hydroxylation sites is 1.